The molecule has 156 valence electrons. The number of halogens is 1. The Hall–Kier alpha value is -1.47. The van der Waals surface area contributed by atoms with E-state index in [4.69, 9.17) is 0 Å². The predicted molar refractivity (Wildman–Crippen MR) is 117 cm³/mol. The summed E-state index contributed by atoms with van der Waals surface area (Å²) < 4.78 is 14.6. The van der Waals surface area contributed by atoms with Gasteiger partial charge in [0, 0.05) is 30.9 Å². The number of rotatable bonds is 6. The van der Waals surface area contributed by atoms with Gasteiger partial charge in [-0.1, -0.05) is 6.07 Å². The highest BCUT2D eigenvalue weighted by molar-refractivity contribution is 7.99. The van der Waals surface area contributed by atoms with Crippen molar-refractivity contribution in [3.05, 3.63) is 29.6 Å². The van der Waals surface area contributed by atoms with Crippen molar-refractivity contribution < 1.29 is 9.50 Å². The van der Waals surface area contributed by atoms with Gasteiger partial charge in [0.2, 0.25) is 0 Å². The quantitative estimate of drug-likeness (QED) is 0.499. The Morgan fingerprint density at radius 1 is 1.29 bits per heavy atom. The Morgan fingerprint density at radius 2 is 2.07 bits per heavy atom. The number of hydrogen-bond donors (Lipinski definition) is 3. The summed E-state index contributed by atoms with van der Waals surface area (Å²) >= 11 is 1.94. The molecule has 1 heterocycles. The minimum atomic E-state index is -0.254. The molecule has 1 aliphatic carbocycles. The highest BCUT2D eigenvalue weighted by Crippen LogP contribution is 2.28. The fourth-order valence-electron chi connectivity index (χ4n) is 3.98. The van der Waals surface area contributed by atoms with E-state index < -0.39 is 0 Å². The minimum Gasteiger partial charge on any atom is -0.393 e. The van der Waals surface area contributed by atoms with Crippen LogP contribution in [-0.2, 0) is 6.54 Å². The van der Waals surface area contributed by atoms with Crippen LogP contribution >= 0.6 is 11.8 Å². The van der Waals surface area contributed by atoms with E-state index in [0.29, 0.717) is 44.2 Å². The zero-order valence-corrected chi connectivity index (χ0v) is 17.8. The Morgan fingerprint density at radius 3 is 2.71 bits per heavy atom. The molecule has 5 nitrogen and oxygen atoms in total. The second-order valence-electron chi connectivity index (χ2n) is 7.71. The van der Waals surface area contributed by atoms with Crippen molar-refractivity contribution in [2.75, 3.05) is 30.8 Å². The Balaban J connectivity index is 1.60. The molecule has 3 N–H and O–H groups in total. The molecule has 1 aromatic carbocycles. The highest BCUT2D eigenvalue weighted by atomic mass is 32.2. The molecule has 1 aromatic rings. The second kappa shape index (κ2) is 10.3. The zero-order chi connectivity index (χ0) is 19.9. The van der Waals surface area contributed by atoms with Gasteiger partial charge in [-0.15, -0.1) is 0 Å². The van der Waals surface area contributed by atoms with E-state index in [0.717, 1.165) is 23.3 Å². The first kappa shape index (κ1) is 21.2. The van der Waals surface area contributed by atoms with Crippen molar-refractivity contribution in [3.8, 4) is 0 Å². The Labute approximate surface area is 172 Å². The SMILES string of the molecule is CCNC(=NCc1ccc(N2CCC(O)CC2)c(F)c1)NC1CCC(SC)C1. The molecular weight excluding hydrogens is 375 g/mol. The van der Waals surface area contributed by atoms with Gasteiger partial charge in [0.15, 0.2) is 5.96 Å². The molecule has 7 heteroatoms. The van der Waals surface area contributed by atoms with E-state index in [9.17, 15) is 9.50 Å². The fraction of sp³-hybridized carbons (Fsp3) is 0.667. The summed E-state index contributed by atoms with van der Waals surface area (Å²) in [6.45, 7) is 4.70. The summed E-state index contributed by atoms with van der Waals surface area (Å²) in [4.78, 5) is 6.68. The summed E-state index contributed by atoms with van der Waals surface area (Å²) in [6.07, 6.45) is 6.90. The van der Waals surface area contributed by atoms with Gasteiger partial charge in [-0.3, -0.25) is 0 Å². The van der Waals surface area contributed by atoms with Crippen LogP contribution < -0.4 is 15.5 Å². The van der Waals surface area contributed by atoms with Crippen LogP contribution in [0.1, 0.15) is 44.6 Å². The summed E-state index contributed by atoms with van der Waals surface area (Å²) in [5, 5.41) is 17.2. The van der Waals surface area contributed by atoms with E-state index >= 15 is 0 Å². The lowest BCUT2D eigenvalue weighted by Crippen LogP contribution is -2.42. The predicted octanol–water partition coefficient (Wildman–Crippen LogP) is 3.13. The topological polar surface area (TPSA) is 59.9 Å². The third kappa shape index (κ3) is 5.77. The van der Waals surface area contributed by atoms with Gasteiger partial charge in [-0.05, 0) is 63.0 Å². The number of nitrogens with one attached hydrogen (secondary N) is 2. The lowest BCUT2D eigenvalue weighted by molar-refractivity contribution is 0.145. The number of anilines is 1. The van der Waals surface area contributed by atoms with Gasteiger partial charge in [0.05, 0.1) is 18.3 Å². The van der Waals surface area contributed by atoms with E-state index in [-0.39, 0.29) is 11.9 Å². The third-order valence-electron chi connectivity index (χ3n) is 5.64. The van der Waals surface area contributed by atoms with Gasteiger partial charge in [0.1, 0.15) is 5.82 Å². The standard InChI is InChI=1S/C21H33FN4OS/c1-3-23-21(25-16-5-6-18(13-16)28-2)24-14-15-4-7-20(19(22)12-15)26-10-8-17(27)9-11-26/h4,7,12,16-18,27H,3,5-6,8-11,13-14H2,1-2H3,(H2,23,24,25). The van der Waals surface area contributed by atoms with Crippen LogP contribution in [0.25, 0.3) is 0 Å². The second-order valence-corrected chi connectivity index (χ2v) is 8.85. The molecule has 2 aliphatic rings. The number of thioether (sulfide) groups is 1. The highest BCUT2D eigenvalue weighted by Gasteiger charge is 2.24. The van der Waals surface area contributed by atoms with Crippen LogP contribution in [-0.4, -0.2) is 54.4 Å². The molecule has 1 saturated carbocycles. The number of benzene rings is 1. The molecule has 2 unspecified atom stereocenters. The summed E-state index contributed by atoms with van der Waals surface area (Å²) in [7, 11) is 0. The van der Waals surface area contributed by atoms with Gasteiger partial charge in [-0.25, -0.2) is 9.38 Å². The third-order valence-corrected chi connectivity index (χ3v) is 6.73. The normalized spacial score (nSPS) is 23.9. The average molecular weight is 409 g/mol. The number of nitrogens with zero attached hydrogens (tertiary/aromatic N) is 2. The summed E-state index contributed by atoms with van der Waals surface area (Å²) in [5.41, 5.74) is 1.49. The maximum absolute atomic E-state index is 14.6. The number of aliphatic imine (C=N–C) groups is 1. The number of piperidine rings is 1. The van der Waals surface area contributed by atoms with Crippen molar-refractivity contribution in [1.82, 2.24) is 10.6 Å². The molecule has 0 bridgehead atoms. The molecule has 1 aliphatic heterocycles. The molecule has 28 heavy (non-hydrogen) atoms. The van der Waals surface area contributed by atoms with Gasteiger partial charge in [0.25, 0.3) is 0 Å². The van der Waals surface area contributed by atoms with Crippen LogP contribution in [0.2, 0.25) is 0 Å². The van der Waals surface area contributed by atoms with Crippen LogP contribution in [0.5, 0.6) is 0 Å². The van der Waals surface area contributed by atoms with Crippen molar-refractivity contribution in [1.29, 1.82) is 0 Å². The van der Waals surface area contributed by atoms with E-state index in [2.05, 4.69) is 28.8 Å². The van der Waals surface area contributed by atoms with Crippen LogP contribution in [0, 0.1) is 5.82 Å². The van der Waals surface area contributed by atoms with Crippen molar-refractivity contribution in [2.45, 2.75) is 63.0 Å². The Bertz CT molecular complexity index is 664. The molecule has 0 amide bonds. The maximum Gasteiger partial charge on any atom is 0.191 e. The summed E-state index contributed by atoms with van der Waals surface area (Å²) in [5.74, 6) is 0.601. The number of hydrogen-bond acceptors (Lipinski definition) is 4. The van der Waals surface area contributed by atoms with Crippen LogP contribution in [0.15, 0.2) is 23.2 Å². The zero-order valence-electron chi connectivity index (χ0n) is 17.0. The van der Waals surface area contributed by atoms with Crippen molar-refractivity contribution in [3.63, 3.8) is 0 Å². The molecule has 1 saturated heterocycles. The molecular formula is C21H33FN4OS. The molecule has 0 spiro atoms. The van der Waals surface area contributed by atoms with Crippen molar-refractivity contribution in [2.24, 2.45) is 4.99 Å². The van der Waals surface area contributed by atoms with Gasteiger partial charge < -0.3 is 20.6 Å². The first-order valence-corrected chi connectivity index (χ1v) is 11.7. The fourth-order valence-corrected chi connectivity index (χ4v) is 4.78. The van der Waals surface area contributed by atoms with Crippen LogP contribution in [0.4, 0.5) is 10.1 Å². The minimum absolute atomic E-state index is 0.208. The summed E-state index contributed by atoms with van der Waals surface area (Å²) in [6, 6.07) is 5.85. The first-order valence-electron chi connectivity index (χ1n) is 10.4. The van der Waals surface area contributed by atoms with Gasteiger partial charge in [-0.2, -0.15) is 11.8 Å². The molecule has 3 rings (SSSR count). The average Bonchev–Trinajstić information content (AvgIpc) is 3.15. The van der Waals surface area contributed by atoms with Gasteiger partial charge >= 0.3 is 0 Å². The lowest BCUT2D eigenvalue weighted by atomic mass is 10.1. The van der Waals surface area contributed by atoms with E-state index in [1.807, 2.05) is 28.8 Å². The lowest BCUT2D eigenvalue weighted by Gasteiger charge is -2.31. The van der Waals surface area contributed by atoms with E-state index in [1.165, 1.54) is 19.3 Å². The van der Waals surface area contributed by atoms with E-state index in [1.54, 1.807) is 6.07 Å². The molecule has 2 atom stereocenters. The number of aliphatic hydroxyl groups is 1. The molecule has 0 aromatic heterocycles. The monoisotopic (exact) mass is 408 g/mol. The Kier molecular flexibility index (Phi) is 7.85. The maximum atomic E-state index is 14.6. The largest absolute Gasteiger partial charge is 0.393 e. The first-order chi connectivity index (χ1) is 13.6. The van der Waals surface area contributed by atoms with Crippen LogP contribution in [0.3, 0.4) is 0 Å². The number of aliphatic hydroxyl groups excluding tert-OH is 1. The van der Waals surface area contributed by atoms with Crippen molar-refractivity contribution >= 4 is 23.4 Å². The number of guanidine groups is 1. The smallest absolute Gasteiger partial charge is 0.191 e. The molecule has 0 radical (unpaired) electrons. The molecule has 2 fully saturated rings.